The van der Waals surface area contributed by atoms with Crippen LogP contribution in [0, 0.1) is 0 Å². The Morgan fingerprint density at radius 2 is 1.90 bits per heavy atom. The van der Waals surface area contributed by atoms with E-state index in [9.17, 15) is 9.59 Å². The van der Waals surface area contributed by atoms with Gasteiger partial charge in [-0.15, -0.1) is 11.3 Å². The molecule has 2 amide bonds. The Morgan fingerprint density at radius 1 is 1.14 bits per heavy atom. The molecule has 1 fully saturated rings. The molecule has 0 aliphatic carbocycles. The highest BCUT2D eigenvalue weighted by molar-refractivity contribution is 8.01. The molecule has 1 aromatic heterocycles. The van der Waals surface area contributed by atoms with E-state index >= 15 is 0 Å². The number of hydrogen-bond donors (Lipinski definition) is 1. The van der Waals surface area contributed by atoms with Gasteiger partial charge in [0.05, 0.1) is 16.0 Å². The molecule has 3 aromatic rings. The Hall–Kier alpha value is -2.09. The maximum Gasteiger partial charge on any atom is 0.253 e. The zero-order chi connectivity index (χ0) is 20.2. The first kappa shape index (κ1) is 20.2. The van der Waals surface area contributed by atoms with Crippen LogP contribution in [0.4, 0.5) is 0 Å². The van der Waals surface area contributed by atoms with Gasteiger partial charge in [-0.3, -0.25) is 9.59 Å². The molecule has 1 saturated heterocycles. The maximum absolute atomic E-state index is 12.4. The molecule has 1 N–H and O–H groups in total. The molecular formula is C21H20ClN3O2S2. The van der Waals surface area contributed by atoms with Gasteiger partial charge < -0.3 is 10.2 Å². The number of hydrogen-bond acceptors (Lipinski definition) is 5. The molecule has 0 saturated carbocycles. The maximum atomic E-state index is 12.4. The molecule has 1 aliphatic rings. The first-order valence-electron chi connectivity index (χ1n) is 9.42. The third-order valence-electron chi connectivity index (χ3n) is 4.74. The van der Waals surface area contributed by atoms with Gasteiger partial charge in [-0.2, -0.15) is 0 Å². The number of fused-ring (bicyclic) bond motifs is 1. The summed E-state index contributed by atoms with van der Waals surface area (Å²) < 4.78 is 1.91. The lowest BCUT2D eigenvalue weighted by molar-refractivity contribution is -0.118. The molecule has 0 spiro atoms. The van der Waals surface area contributed by atoms with Crippen LogP contribution >= 0.6 is 34.7 Å². The average Bonchev–Trinajstić information content (AvgIpc) is 3.40. The minimum Gasteiger partial charge on any atom is -0.351 e. The molecule has 0 bridgehead atoms. The predicted molar refractivity (Wildman–Crippen MR) is 119 cm³/mol. The quantitative estimate of drug-likeness (QED) is 0.563. The van der Waals surface area contributed by atoms with Crippen molar-refractivity contribution in [1.82, 2.24) is 15.2 Å². The van der Waals surface area contributed by atoms with Crippen LogP contribution in [-0.2, 0) is 11.3 Å². The Kier molecular flexibility index (Phi) is 6.37. The second-order valence-corrected chi connectivity index (χ2v) is 9.54. The molecule has 0 unspecified atom stereocenters. The number of likely N-dealkylation sites (tertiary alicyclic amines) is 1. The molecule has 0 radical (unpaired) electrons. The van der Waals surface area contributed by atoms with E-state index in [-0.39, 0.29) is 11.8 Å². The fourth-order valence-electron chi connectivity index (χ4n) is 3.19. The third kappa shape index (κ3) is 5.10. The predicted octanol–water partition coefficient (Wildman–Crippen LogP) is 4.59. The summed E-state index contributed by atoms with van der Waals surface area (Å²) in [4.78, 5) is 30.9. The van der Waals surface area contributed by atoms with Crippen molar-refractivity contribution in [1.29, 1.82) is 0 Å². The standard InChI is InChI=1S/C21H20ClN3O2S2/c22-16-7-8-18-17(11-16)24-21(29-18)28-13-19(26)23-12-14-3-5-15(6-4-14)20(27)25-9-1-2-10-25/h3-8,11H,1-2,9-10,12-13H2,(H,23,26). The lowest BCUT2D eigenvalue weighted by Crippen LogP contribution is -2.27. The van der Waals surface area contributed by atoms with Crippen molar-refractivity contribution in [3.63, 3.8) is 0 Å². The van der Waals surface area contributed by atoms with E-state index in [1.165, 1.54) is 11.8 Å². The molecule has 2 heterocycles. The monoisotopic (exact) mass is 445 g/mol. The van der Waals surface area contributed by atoms with Gasteiger partial charge in [0, 0.05) is 30.2 Å². The van der Waals surface area contributed by atoms with Crippen molar-refractivity contribution in [2.45, 2.75) is 23.7 Å². The van der Waals surface area contributed by atoms with Crippen LogP contribution in [0.3, 0.4) is 0 Å². The van der Waals surface area contributed by atoms with Crippen molar-refractivity contribution in [2.75, 3.05) is 18.8 Å². The molecular weight excluding hydrogens is 426 g/mol. The topological polar surface area (TPSA) is 62.3 Å². The van der Waals surface area contributed by atoms with E-state index in [4.69, 9.17) is 11.6 Å². The first-order valence-corrected chi connectivity index (χ1v) is 11.6. The molecule has 0 atom stereocenters. The van der Waals surface area contributed by atoms with Gasteiger partial charge in [0.1, 0.15) is 0 Å². The fraction of sp³-hybridized carbons (Fsp3) is 0.286. The van der Waals surface area contributed by atoms with Crippen LogP contribution < -0.4 is 5.32 Å². The van der Waals surface area contributed by atoms with Crippen LogP contribution in [0.25, 0.3) is 10.2 Å². The number of aromatic nitrogens is 1. The minimum atomic E-state index is -0.0514. The number of carbonyl (C=O) groups is 2. The van der Waals surface area contributed by atoms with Gasteiger partial charge in [-0.25, -0.2) is 4.98 Å². The Bertz CT molecular complexity index is 1030. The Labute approximate surface area is 182 Å². The highest BCUT2D eigenvalue weighted by Gasteiger charge is 2.19. The SMILES string of the molecule is O=C(CSc1nc2cc(Cl)ccc2s1)NCc1ccc(C(=O)N2CCCC2)cc1. The summed E-state index contributed by atoms with van der Waals surface area (Å²) in [6, 6.07) is 13.1. The summed E-state index contributed by atoms with van der Waals surface area (Å²) in [6.45, 7) is 2.12. The van der Waals surface area contributed by atoms with Crippen molar-refractivity contribution in [3.8, 4) is 0 Å². The molecule has 4 rings (SSSR count). The first-order chi connectivity index (χ1) is 14.1. The molecule has 8 heteroatoms. The largest absolute Gasteiger partial charge is 0.351 e. The zero-order valence-electron chi connectivity index (χ0n) is 15.7. The molecule has 150 valence electrons. The van der Waals surface area contributed by atoms with E-state index in [0.29, 0.717) is 22.9 Å². The van der Waals surface area contributed by atoms with Crippen molar-refractivity contribution >= 4 is 56.7 Å². The number of benzene rings is 2. The van der Waals surface area contributed by atoms with E-state index in [2.05, 4.69) is 10.3 Å². The molecule has 2 aromatic carbocycles. The smallest absolute Gasteiger partial charge is 0.253 e. The molecule has 5 nitrogen and oxygen atoms in total. The second kappa shape index (κ2) is 9.15. The van der Waals surface area contributed by atoms with Gasteiger partial charge in [0.25, 0.3) is 5.91 Å². The Morgan fingerprint density at radius 3 is 2.66 bits per heavy atom. The lowest BCUT2D eigenvalue weighted by Gasteiger charge is -2.15. The summed E-state index contributed by atoms with van der Waals surface area (Å²) >= 11 is 8.96. The van der Waals surface area contributed by atoms with Gasteiger partial charge in [0.2, 0.25) is 5.91 Å². The number of nitrogens with one attached hydrogen (secondary N) is 1. The highest BCUT2D eigenvalue weighted by Crippen LogP contribution is 2.30. The van der Waals surface area contributed by atoms with Gasteiger partial charge >= 0.3 is 0 Å². The van der Waals surface area contributed by atoms with Crippen molar-refractivity contribution in [2.24, 2.45) is 0 Å². The van der Waals surface area contributed by atoms with Gasteiger partial charge in [0.15, 0.2) is 4.34 Å². The van der Waals surface area contributed by atoms with Crippen LogP contribution in [0.5, 0.6) is 0 Å². The second-order valence-electron chi connectivity index (χ2n) is 6.85. The van der Waals surface area contributed by atoms with Crippen LogP contribution in [-0.4, -0.2) is 40.5 Å². The summed E-state index contributed by atoms with van der Waals surface area (Å²) in [6.07, 6.45) is 2.16. The van der Waals surface area contributed by atoms with Crippen molar-refractivity contribution < 1.29 is 9.59 Å². The highest BCUT2D eigenvalue weighted by atomic mass is 35.5. The summed E-state index contributed by atoms with van der Waals surface area (Å²) in [5.74, 6) is 0.343. The number of carbonyl (C=O) groups excluding carboxylic acids is 2. The number of nitrogens with zero attached hydrogens (tertiary/aromatic N) is 2. The molecule has 1 aliphatic heterocycles. The van der Waals surface area contributed by atoms with E-state index in [1.54, 1.807) is 11.3 Å². The number of amides is 2. The van der Waals surface area contributed by atoms with E-state index in [0.717, 1.165) is 46.1 Å². The number of thioether (sulfide) groups is 1. The van der Waals surface area contributed by atoms with Crippen LogP contribution in [0.1, 0.15) is 28.8 Å². The third-order valence-corrected chi connectivity index (χ3v) is 7.16. The van der Waals surface area contributed by atoms with E-state index in [1.807, 2.05) is 47.4 Å². The number of thiazole rings is 1. The summed E-state index contributed by atoms with van der Waals surface area (Å²) in [7, 11) is 0. The summed E-state index contributed by atoms with van der Waals surface area (Å²) in [5, 5.41) is 3.57. The summed E-state index contributed by atoms with van der Waals surface area (Å²) in [5.41, 5.74) is 2.53. The van der Waals surface area contributed by atoms with Crippen molar-refractivity contribution in [3.05, 3.63) is 58.6 Å². The normalized spacial score (nSPS) is 13.8. The van der Waals surface area contributed by atoms with Gasteiger partial charge in [-0.05, 0) is 48.7 Å². The minimum absolute atomic E-state index is 0.0514. The van der Waals surface area contributed by atoms with E-state index < -0.39 is 0 Å². The van der Waals surface area contributed by atoms with Crippen LogP contribution in [0.15, 0.2) is 46.8 Å². The van der Waals surface area contributed by atoms with Crippen LogP contribution in [0.2, 0.25) is 5.02 Å². The number of halogens is 1. The average molecular weight is 446 g/mol. The lowest BCUT2D eigenvalue weighted by atomic mass is 10.1. The Balaban J connectivity index is 1.26. The molecule has 29 heavy (non-hydrogen) atoms. The van der Waals surface area contributed by atoms with Gasteiger partial charge in [-0.1, -0.05) is 35.5 Å². The number of rotatable bonds is 6. The fourth-order valence-corrected chi connectivity index (χ4v) is 5.23. The zero-order valence-corrected chi connectivity index (χ0v) is 18.1.